The number of aromatic nitrogens is 4. The molecule has 27 heavy (non-hydrogen) atoms. The third-order valence-corrected chi connectivity index (χ3v) is 4.49. The number of aliphatic hydroxyl groups is 1. The van der Waals surface area contributed by atoms with E-state index < -0.39 is 0 Å². The van der Waals surface area contributed by atoms with Gasteiger partial charge in [-0.05, 0) is 25.8 Å². The molecule has 8 heteroatoms. The summed E-state index contributed by atoms with van der Waals surface area (Å²) in [5.74, 6) is 1.17. The van der Waals surface area contributed by atoms with Crippen LogP contribution in [0.4, 0.5) is 11.8 Å². The van der Waals surface area contributed by atoms with Crippen LogP contribution in [0.5, 0.6) is 0 Å². The van der Waals surface area contributed by atoms with Crippen LogP contribution in [-0.2, 0) is 7.05 Å². The average Bonchev–Trinajstić information content (AvgIpc) is 3.01. The van der Waals surface area contributed by atoms with Crippen molar-refractivity contribution in [3.63, 3.8) is 0 Å². The molecule has 1 atom stereocenters. The first-order valence-corrected chi connectivity index (χ1v) is 9.03. The van der Waals surface area contributed by atoms with E-state index in [1.807, 2.05) is 51.2 Å². The van der Waals surface area contributed by atoms with Crippen molar-refractivity contribution in [3.8, 4) is 0 Å². The second-order valence-corrected chi connectivity index (χ2v) is 7.28. The van der Waals surface area contributed by atoms with Crippen molar-refractivity contribution in [3.05, 3.63) is 42.1 Å². The number of nitrogens with one attached hydrogen (secondary N) is 2. The maximum Gasteiger partial charge on any atom is 0.226 e. The Morgan fingerprint density at radius 1 is 1.22 bits per heavy atom. The zero-order valence-corrected chi connectivity index (χ0v) is 16.0. The lowest BCUT2D eigenvalue weighted by Gasteiger charge is -2.26. The summed E-state index contributed by atoms with van der Waals surface area (Å²) in [5.41, 5.74) is 7.72. The van der Waals surface area contributed by atoms with Gasteiger partial charge < -0.3 is 21.5 Å². The molecular weight excluding hydrogens is 342 g/mol. The van der Waals surface area contributed by atoms with E-state index in [0.29, 0.717) is 24.7 Å². The first-order valence-electron chi connectivity index (χ1n) is 9.03. The van der Waals surface area contributed by atoms with E-state index in [9.17, 15) is 5.11 Å². The fourth-order valence-electron chi connectivity index (χ4n) is 2.88. The summed E-state index contributed by atoms with van der Waals surface area (Å²) in [6.07, 6.45) is 2.34. The number of aliphatic hydroxyl groups excluding tert-OH is 1. The molecule has 1 aromatic carbocycles. The third kappa shape index (κ3) is 4.53. The van der Waals surface area contributed by atoms with Gasteiger partial charge in [0.05, 0.1) is 11.6 Å². The highest BCUT2D eigenvalue weighted by atomic mass is 16.3. The number of benzene rings is 1. The molecule has 0 amide bonds. The molecule has 0 saturated heterocycles. The second kappa shape index (κ2) is 7.89. The molecule has 0 bridgehead atoms. The fourth-order valence-corrected chi connectivity index (χ4v) is 2.88. The van der Waals surface area contributed by atoms with Gasteiger partial charge in [-0.1, -0.05) is 30.3 Å². The van der Waals surface area contributed by atoms with Crippen molar-refractivity contribution >= 4 is 22.8 Å². The first kappa shape index (κ1) is 19.1. The smallest absolute Gasteiger partial charge is 0.226 e. The third-order valence-electron chi connectivity index (χ3n) is 4.49. The Morgan fingerprint density at radius 3 is 2.67 bits per heavy atom. The Labute approximate surface area is 158 Å². The Morgan fingerprint density at radius 2 is 1.96 bits per heavy atom. The molecule has 5 N–H and O–H groups in total. The van der Waals surface area contributed by atoms with Gasteiger partial charge >= 0.3 is 0 Å². The van der Waals surface area contributed by atoms with Crippen LogP contribution < -0.4 is 16.4 Å². The minimum absolute atomic E-state index is 0.0955. The number of rotatable bonds is 8. The highest BCUT2D eigenvalue weighted by Crippen LogP contribution is 2.25. The van der Waals surface area contributed by atoms with Gasteiger partial charge in [0.15, 0.2) is 5.65 Å². The van der Waals surface area contributed by atoms with Gasteiger partial charge in [0.25, 0.3) is 0 Å². The molecule has 144 valence electrons. The topological polar surface area (TPSA) is 114 Å². The molecule has 0 fully saturated rings. The van der Waals surface area contributed by atoms with E-state index in [0.717, 1.165) is 16.6 Å². The van der Waals surface area contributed by atoms with Crippen LogP contribution in [0.25, 0.3) is 11.0 Å². The lowest BCUT2D eigenvalue weighted by molar-refractivity contribution is 0.260. The minimum atomic E-state index is -0.316. The van der Waals surface area contributed by atoms with E-state index in [1.54, 1.807) is 10.9 Å². The van der Waals surface area contributed by atoms with E-state index in [2.05, 4.69) is 25.7 Å². The molecule has 0 aliphatic carbocycles. The summed E-state index contributed by atoms with van der Waals surface area (Å²) in [7, 11) is 1.84. The molecular formula is C19H27N7O. The normalized spacial score (nSPS) is 12.9. The van der Waals surface area contributed by atoms with E-state index in [-0.39, 0.29) is 18.2 Å². The number of aryl methyl sites for hydroxylation is 1. The van der Waals surface area contributed by atoms with Crippen molar-refractivity contribution in [2.24, 2.45) is 12.8 Å². The van der Waals surface area contributed by atoms with Crippen LogP contribution in [0.15, 0.2) is 36.5 Å². The number of hydrogen-bond acceptors (Lipinski definition) is 7. The number of nitrogens with two attached hydrogens (primary N) is 1. The lowest BCUT2D eigenvalue weighted by atomic mass is 10.0. The molecule has 0 spiro atoms. The molecule has 0 aliphatic heterocycles. The van der Waals surface area contributed by atoms with Crippen LogP contribution in [0, 0.1) is 0 Å². The molecule has 0 saturated carbocycles. The maximum absolute atomic E-state index is 9.29. The standard InChI is InChI=1S/C19H27N7O/c1-19(2,9-10-27)25-16-14-11-22-26(3)17(14)24-18(23-16)21-12-15(20)13-7-5-4-6-8-13/h4-8,11,15,27H,9-10,12,20H2,1-3H3,(H2,21,23,24,25)/t15-/m0/s1. The Bertz CT molecular complexity index is 892. The summed E-state index contributed by atoms with van der Waals surface area (Å²) in [6.45, 7) is 4.64. The Hall–Kier alpha value is -2.71. The maximum atomic E-state index is 9.29. The molecule has 8 nitrogen and oxygen atoms in total. The number of nitrogens with zero attached hydrogens (tertiary/aromatic N) is 4. The molecule has 2 aromatic heterocycles. The van der Waals surface area contributed by atoms with Crippen molar-refractivity contribution in [2.45, 2.75) is 31.8 Å². The van der Waals surface area contributed by atoms with Crippen LogP contribution in [-0.4, -0.2) is 43.5 Å². The Kier molecular flexibility index (Phi) is 5.57. The summed E-state index contributed by atoms with van der Waals surface area (Å²) < 4.78 is 1.71. The molecule has 0 radical (unpaired) electrons. The van der Waals surface area contributed by atoms with Gasteiger partial charge in [0.1, 0.15) is 5.82 Å². The quantitative estimate of drug-likeness (QED) is 0.480. The number of hydrogen-bond donors (Lipinski definition) is 4. The summed E-state index contributed by atoms with van der Waals surface area (Å²) >= 11 is 0. The predicted molar refractivity (Wildman–Crippen MR) is 108 cm³/mol. The Balaban J connectivity index is 1.84. The first-order chi connectivity index (χ1) is 12.9. The summed E-state index contributed by atoms with van der Waals surface area (Å²) in [4.78, 5) is 9.19. The summed E-state index contributed by atoms with van der Waals surface area (Å²) in [6, 6.07) is 9.75. The van der Waals surface area contributed by atoms with Crippen molar-refractivity contribution in [2.75, 3.05) is 23.8 Å². The van der Waals surface area contributed by atoms with Gasteiger partial charge in [0, 0.05) is 31.8 Å². The molecule has 0 aliphatic rings. The molecule has 3 aromatic rings. The second-order valence-electron chi connectivity index (χ2n) is 7.28. The van der Waals surface area contributed by atoms with Crippen LogP contribution in [0.1, 0.15) is 31.9 Å². The van der Waals surface area contributed by atoms with Gasteiger partial charge in [-0.15, -0.1) is 0 Å². The van der Waals surface area contributed by atoms with E-state index in [1.165, 1.54) is 0 Å². The predicted octanol–water partition coefficient (Wildman–Crippen LogP) is 2.05. The molecule has 3 rings (SSSR count). The van der Waals surface area contributed by atoms with Gasteiger partial charge in [0.2, 0.25) is 5.95 Å². The largest absolute Gasteiger partial charge is 0.396 e. The monoisotopic (exact) mass is 369 g/mol. The zero-order valence-electron chi connectivity index (χ0n) is 16.0. The van der Waals surface area contributed by atoms with E-state index >= 15 is 0 Å². The SMILES string of the molecule is Cn1ncc2c(NC(C)(C)CCO)nc(NC[C@H](N)c3ccccc3)nc21. The average molecular weight is 369 g/mol. The number of anilines is 2. The number of fused-ring (bicyclic) bond motifs is 1. The van der Waals surface area contributed by atoms with Crippen LogP contribution >= 0.6 is 0 Å². The highest BCUT2D eigenvalue weighted by Gasteiger charge is 2.21. The minimum Gasteiger partial charge on any atom is -0.396 e. The highest BCUT2D eigenvalue weighted by molar-refractivity contribution is 5.87. The lowest BCUT2D eigenvalue weighted by Crippen LogP contribution is -2.32. The fraction of sp³-hybridized carbons (Fsp3) is 0.421. The van der Waals surface area contributed by atoms with Crippen molar-refractivity contribution < 1.29 is 5.11 Å². The van der Waals surface area contributed by atoms with Crippen molar-refractivity contribution in [1.29, 1.82) is 0 Å². The van der Waals surface area contributed by atoms with E-state index in [4.69, 9.17) is 5.73 Å². The summed E-state index contributed by atoms with van der Waals surface area (Å²) in [5, 5.41) is 21.0. The molecule has 2 heterocycles. The zero-order chi connectivity index (χ0) is 19.4. The van der Waals surface area contributed by atoms with Crippen molar-refractivity contribution in [1.82, 2.24) is 19.7 Å². The van der Waals surface area contributed by atoms with Gasteiger partial charge in [-0.3, -0.25) is 4.68 Å². The van der Waals surface area contributed by atoms with Crippen LogP contribution in [0.3, 0.4) is 0 Å². The van der Waals surface area contributed by atoms with Crippen LogP contribution in [0.2, 0.25) is 0 Å². The molecule has 0 unspecified atom stereocenters. The van der Waals surface area contributed by atoms with Gasteiger partial charge in [-0.2, -0.15) is 15.1 Å². The van der Waals surface area contributed by atoms with Gasteiger partial charge in [-0.25, -0.2) is 0 Å².